The van der Waals surface area contributed by atoms with E-state index in [1.807, 2.05) is 19.9 Å². The van der Waals surface area contributed by atoms with Crippen LogP contribution in [0.5, 0.6) is 0 Å². The third kappa shape index (κ3) is 2.06. The summed E-state index contributed by atoms with van der Waals surface area (Å²) in [6.45, 7) is 4.68. The van der Waals surface area contributed by atoms with Gasteiger partial charge in [-0.25, -0.2) is 0 Å². The Morgan fingerprint density at radius 2 is 2.22 bits per heavy atom. The van der Waals surface area contributed by atoms with E-state index < -0.39 is 0 Å². The second-order valence-electron chi connectivity index (χ2n) is 2.31. The fourth-order valence-corrected chi connectivity index (χ4v) is 0.672. The lowest BCUT2D eigenvalue weighted by molar-refractivity contribution is 0.0342. The number of ether oxygens (including phenoxy) is 2. The second-order valence-corrected chi connectivity index (χ2v) is 2.31. The van der Waals surface area contributed by atoms with Crippen molar-refractivity contribution in [1.29, 1.82) is 0 Å². The van der Waals surface area contributed by atoms with Crippen molar-refractivity contribution in [2.75, 3.05) is 6.61 Å². The maximum atomic E-state index is 5.30. The van der Waals surface area contributed by atoms with Crippen molar-refractivity contribution in [3.05, 3.63) is 12.3 Å². The molecule has 0 amide bonds. The van der Waals surface area contributed by atoms with E-state index in [1.54, 1.807) is 6.26 Å². The first-order chi connectivity index (χ1) is 4.29. The van der Waals surface area contributed by atoms with E-state index in [-0.39, 0.29) is 12.2 Å². The van der Waals surface area contributed by atoms with Gasteiger partial charge in [-0.05, 0) is 19.9 Å². The van der Waals surface area contributed by atoms with E-state index in [4.69, 9.17) is 9.47 Å². The summed E-state index contributed by atoms with van der Waals surface area (Å²) in [7, 11) is 0. The highest BCUT2D eigenvalue weighted by Gasteiger charge is 2.06. The molecule has 0 aromatic carbocycles. The van der Waals surface area contributed by atoms with Crippen molar-refractivity contribution in [1.82, 2.24) is 0 Å². The van der Waals surface area contributed by atoms with Gasteiger partial charge in [-0.2, -0.15) is 0 Å². The zero-order valence-electron chi connectivity index (χ0n) is 5.83. The normalized spacial score (nSPS) is 35.3. The molecule has 0 fully saturated rings. The van der Waals surface area contributed by atoms with Gasteiger partial charge < -0.3 is 9.47 Å². The van der Waals surface area contributed by atoms with Crippen LogP contribution >= 0.6 is 0 Å². The molecule has 2 nitrogen and oxygen atoms in total. The lowest BCUT2D eigenvalue weighted by atomic mass is 10.4. The summed E-state index contributed by atoms with van der Waals surface area (Å²) in [6.07, 6.45) is 4.02. The van der Waals surface area contributed by atoms with Gasteiger partial charge >= 0.3 is 0 Å². The molecule has 2 atom stereocenters. The first kappa shape index (κ1) is 6.62. The molecule has 0 saturated carbocycles. The minimum absolute atomic E-state index is 0.200. The first-order valence-electron chi connectivity index (χ1n) is 3.23. The molecule has 1 aliphatic heterocycles. The predicted molar refractivity (Wildman–Crippen MR) is 35.1 cm³/mol. The fourth-order valence-electron chi connectivity index (χ4n) is 0.672. The standard InChI is InChI=1S/C7H12O2/c1-6-3-4-8-7(2)5-9-6/h3-4,6-7H,5H2,1-2H3/t6-,7+/m0/s1. The molecule has 0 spiro atoms. The molecule has 2 heteroatoms. The monoisotopic (exact) mass is 128 g/mol. The molecular formula is C7H12O2. The summed E-state index contributed by atoms with van der Waals surface area (Å²) in [6, 6.07) is 0. The highest BCUT2D eigenvalue weighted by atomic mass is 16.5. The van der Waals surface area contributed by atoms with Crippen LogP contribution < -0.4 is 0 Å². The summed E-state index contributed by atoms with van der Waals surface area (Å²) >= 11 is 0. The van der Waals surface area contributed by atoms with Gasteiger partial charge in [0.25, 0.3) is 0 Å². The van der Waals surface area contributed by atoms with E-state index in [0.29, 0.717) is 6.61 Å². The highest BCUT2D eigenvalue weighted by molar-refractivity contribution is 4.83. The largest absolute Gasteiger partial charge is 0.496 e. The minimum Gasteiger partial charge on any atom is -0.496 e. The Bertz CT molecular complexity index is 109. The van der Waals surface area contributed by atoms with Crippen molar-refractivity contribution >= 4 is 0 Å². The van der Waals surface area contributed by atoms with Crippen LogP contribution in [0.3, 0.4) is 0 Å². The van der Waals surface area contributed by atoms with Gasteiger partial charge in [-0.15, -0.1) is 0 Å². The summed E-state index contributed by atoms with van der Waals surface area (Å²) in [5, 5.41) is 0. The topological polar surface area (TPSA) is 18.5 Å². The molecule has 0 aliphatic carbocycles. The maximum absolute atomic E-state index is 5.30. The summed E-state index contributed by atoms with van der Waals surface area (Å²) in [5.41, 5.74) is 0. The Hall–Kier alpha value is -0.500. The number of rotatable bonds is 0. The van der Waals surface area contributed by atoms with Crippen LogP contribution in [-0.4, -0.2) is 18.8 Å². The molecule has 0 N–H and O–H groups in total. The Balaban J connectivity index is 2.39. The fraction of sp³-hybridized carbons (Fsp3) is 0.714. The summed E-state index contributed by atoms with van der Waals surface area (Å²) in [4.78, 5) is 0. The Labute approximate surface area is 55.5 Å². The highest BCUT2D eigenvalue weighted by Crippen LogP contribution is 2.03. The van der Waals surface area contributed by atoms with Gasteiger partial charge in [0.05, 0.1) is 19.0 Å². The number of hydrogen-bond donors (Lipinski definition) is 0. The molecule has 9 heavy (non-hydrogen) atoms. The summed E-state index contributed by atoms with van der Waals surface area (Å²) in [5.74, 6) is 0. The maximum Gasteiger partial charge on any atom is 0.118 e. The minimum atomic E-state index is 0.200. The van der Waals surface area contributed by atoms with Crippen LogP contribution in [0.2, 0.25) is 0 Å². The van der Waals surface area contributed by atoms with Gasteiger partial charge in [0, 0.05) is 0 Å². The second kappa shape index (κ2) is 2.87. The average molecular weight is 128 g/mol. The molecule has 0 aromatic heterocycles. The molecule has 0 aromatic rings. The van der Waals surface area contributed by atoms with Crippen LogP contribution in [0.25, 0.3) is 0 Å². The third-order valence-electron chi connectivity index (χ3n) is 1.25. The van der Waals surface area contributed by atoms with Crippen molar-refractivity contribution < 1.29 is 9.47 Å². The van der Waals surface area contributed by atoms with Gasteiger partial charge in [0.2, 0.25) is 0 Å². The van der Waals surface area contributed by atoms with E-state index in [1.165, 1.54) is 0 Å². The molecule has 1 rings (SSSR count). The van der Waals surface area contributed by atoms with Gasteiger partial charge in [-0.1, -0.05) is 0 Å². The molecule has 1 aliphatic rings. The molecule has 52 valence electrons. The zero-order valence-corrected chi connectivity index (χ0v) is 5.83. The predicted octanol–water partition coefficient (Wildman–Crippen LogP) is 1.32. The van der Waals surface area contributed by atoms with Crippen molar-refractivity contribution in [3.8, 4) is 0 Å². The quantitative estimate of drug-likeness (QED) is 0.490. The molecule has 0 radical (unpaired) electrons. The van der Waals surface area contributed by atoms with Crippen LogP contribution in [0, 0.1) is 0 Å². The van der Waals surface area contributed by atoms with Crippen molar-refractivity contribution in [3.63, 3.8) is 0 Å². The van der Waals surface area contributed by atoms with E-state index in [0.717, 1.165) is 0 Å². The third-order valence-corrected chi connectivity index (χ3v) is 1.25. The van der Waals surface area contributed by atoms with Gasteiger partial charge in [-0.3, -0.25) is 0 Å². The van der Waals surface area contributed by atoms with E-state index >= 15 is 0 Å². The van der Waals surface area contributed by atoms with Crippen LogP contribution in [0.4, 0.5) is 0 Å². The average Bonchev–Trinajstić information content (AvgIpc) is 1.97. The lowest BCUT2D eigenvalue weighted by Gasteiger charge is -2.08. The first-order valence-corrected chi connectivity index (χ1v) is 3.23. The van der Waals surface area contributed by atoms with Gasteiger partial charge in [0.1, 0.15) is 6.10 Å². The van der Waals surface area contributed by atoms with Crippen LogP contribution in [-0.2, 0) is 9.47 Å². The van der Waals surface area contributed by atoms with E-state index in [9.17, 15) is 0 Å². The Morgan fingerprint density at radius 1 is 1.44 bits per heavy atom. The lowest BCUT2D eigenvalue weighted by Crippen LogP contribution is -2.13. The molecular weight excluding hydrogens is 116 g/mol. The smallest absolute Gasteiger partial charge is 0.118 e. The molecule has 0 unspecified atom stereocenters. The molecule has 1 heterocycles. The van der Waals surface area contributed by atoms with E-state index in [2.05, 4.69) is 0 Å². The molecule has 0 saturated heterocycles. The van der Waals surface area contributed by atoms with Crippen molar-refractivity contribution in [2.45, 2.75) is 26.1 Å². The van der Waals surface area contributed by atoms with Crippen molar-refractivity contribution in [2.24, 2.45) is 0 Å². The zero-order chi connectivity index (χ0) is 6.69. The van der Waals surface area contributed by atoms with Gasteiger partial charge in [0.15, 0.2) is 0 Å². The summed E-state index contributed by atoms with van der Waals surface area (Å²) < 4.78 is 10.5. The Morgan fingerprint density at radius 3 is 3.00 bits per heavy atom. The number of hydrogen-bond acceptors (Lipinski definition) is 2. The van der Waals surface area contributed by atoms with Crippen LogP contribution in [0.1, 0.15) is 13.8 Å². The SMILES string of the molecule is C[C@@H]1CO[C@@H](C)C=CO1. The Kier molecular flexibility index (Phi) is 2.11. The molecule has 0 bridgehead atoms. The van der Waals surface area contributed by atoms with Crippen LogP contribution in [0.15, 0.2) is 12.3 Å².